The van der Waals surface area contributed by atoms with Gasteiger partial charge in [0, 0.05) is 12.1 Å². The molecule has 0 aromatic heterocycles. The molecule has 2 unspecified atom stereocenters. The summed E-state index contributed by atoms with van der Waals surface area (Å²) in [6.07, 6.45) is 9.37. The molecule has 4 bridgehead atoms. The van der Waals surface area contributed by atoms with Crippen molar-refractivity contribution in [2.24, 2.45) is 16.7 Å². The number of ether oxygens (including phenoxy) is 1. The van der Waals surface area contributed by atoms with Gasteiger partial charge in [-0.15, -0.1) is 0 Å². The van der Waals surface area contributed by atoms with E-state index in [1.54, 1.807) is 0 Å². The number of benzene rings is 1. The molecule has 5 rings (SSSR count). The zero-order chi connectivity index (χ0) is 17.7. The van der Waals surface area contributed by atoms with Crippen LogP contribution in [-0.2, 0) is 6.54 Å². The van der Waals surface area contributed by atoms with E-state index in [1.165, 1.54) is 44.1 Å². The number of rotatable bonds is 6. The Kier molecular flexibility index (Phi) is 4.36. The van der Waals surface area contributed by atoms with Crippen LogP contribution in [0.25, 0.3) is 0 Å². The van der Waals surface area contributed by atoms with E-state index in [-0.39, 0.29) is 0 Å². The molecule has 0 aliphatic heterocycles. The molecule has 3 heteroatoms. The van der Waals surface area contributed by atoms with Crippen molar-refractivity contribution in [1.29, 1.82) is 0 Å². The molecule has 1 aromatic rings. The molecular formula is C22H32ClNO. The van der Waals surface area contributed by atoms with Crippen LogP contribution in [0.5, 0.6) is 5.75 Å². The molecule has 0 heterocycles. The fraction of sp³-hybridized carbons (Fsp3) is 0.727. The summed E-state index contributed by atoms with van der Waals surface area (Å²) in [6.45, 7) is 8.80. The van der Waals surface area contributed by atoms with Crippen LogP contribution in [0.1, 0.15) is 71.3 Å². The van der Waals surface area contributed by atoms with Crippen molar-refractivity contribution in [2.75, 3.05) is 6.61 Å². The van der Waals surface area contributed by atoms with Gasteiger partial charge in [0.1, 0.15) is 5.75 Å². The van der Waals surface area contributed by atoms with Gasteiger partial charge in [-0.2, -0.15) is 0 Å². The number of hydrogen-bond acceptors (Lipinski definition) is 2. The predicted molar refractivity (Wildman–Crippen MR) is 104 cm³/mol. The van der Waals surface area contributed by atoms with Crippen LogP contribution in [0, 0.1) is 16.7 Å². The van der Waals surface area contributed by atoms with Crippen LogP contribution in [0.2, 0.25) is 5.02 Å². The molecular weight excluding hydrogens is 330 g/mol. The second-order valence-corrected chi connectivity index (χ2v) is 10.3. The van der Waals surface area contributed by atoms with Gasteiger partial charge in [-0.3, -0.25) is 0 Å². The van der Waals surface area contributed by atoms with Crippen LogP contribution >= 0.6 is 11.6 Å². The lowest BCUT2D eigenvalue weighted by Gasteiger charge is -2.65. The topological polar surface area (TPSA) is 21.3 Å². The molecule has 4 aliphatic rings. The molecule has 4 fully saturated rings. The third-order valence-corrected chi connectivity index (χ3v) is 7.05. The monoisotopic (exact) mass is 361 g/mol. The first-order chi connectivity index (χ1) is 11.8. The summed E-state index contributed by atoms with van der Waals surface area (Å²) in [7, 11) is 0. The molecule has 1 aromatic carbocycles. The highest BCUT2D eigenvalue weighted by atomic mass is 35.5. The number of hydrogen-bond donors (Lipinski definition) is 1. The first-order valence-corrected chi connectivity index (χ1v) is 10.4. The highest BCUT2D eigenvalue weighted by Crippen LogP contribution is 2.66. The molecule has 2 nitrogen and oxygen atoms in total. The summed E-state index contributed by atoms with van der Waals surface area (Å²) in [6, 6.07) is 6.26. The zero-order valence-electron chi connectivity index (χ0n) is 16.0. The van der Waals surface area contributed by atoms with E-state index in [0.29, 0.717) is 16.4 Å². The smallest absolute Gasteiger partial charge is 0.137 e. The lowest BCUT2D eigenvalue weighted by atomic mass is 9.43. The summed E-state index contributed by atoms with van der Waals surface area (Å²) < 4.78 is 5.69. The van der Waals surface area contributed by atoms with Crippen LogP contribution in [-0.4, -0.2) is 12.1 Å². The Labute approximate surface area is 157 Å². The second-order valence-electron chi connectivity index (χ2n) is 9.88. The maximum atomic E-state index is 6.41. The van der Waals surface area contributed by atoms with Crippen LogP contribution in [0.15, 0.2) is 18.2 Å². The SMILES string of the molecule is CCCOc1ccc(CNC23CC4C[C@@](C)(C2)C[C@](C)(C4)C3)cc1Cl. The lowest BCUT2D eigenvalue weighted by Crippen LogP contribution is -2.63. The molecule has 0 radical (unpaired) electrons. The summed E-state index contributed by atoms with van der Waals surface area (Å²) in [5, 5.41) is 4.72. The van der Waals surface area contributed by atoms with Gasteiger partial charge in [0.2, 0.25) is 0 Å². The van der Waals surface area contributed by atoms with Crippen molar-refractivity contribution in [3.8, 4) is 5.75 Å². The quantitative estimate of drug-likeness (QED) is 0.674. The molecule has 4 saturated carbocycles. The molecule has 0 amide bonds. The lowest BCUT2D eigenvalue weighted by molar-refractivity contribution is -0.118. The van der Waals surface area contributed by atoms with Gasteiger partial charge in [0.15, 0.2) is 0 Å². The third kappa shape index (κ3) is 3.45. The van der Waals surface area contributed by atoms with Gasteiger partial charge in [0.25, 0.3) is 0 Å². The minimum Gasteiger partial charge on any atom is -0.492 e. The zero-order valence-corrected chi connectivity index (χ0v) is 16.7. The molecule has 0 saturated heterocycles. The molecule has 4 atom stereocenters. The number of halogens is 1. The Balaban J connectivity index is 1.45. The Morgan fingerprint density at radius 3 is 2.44 bits per heavy atom. The van der Waals surface area contributed by atoms with E-state index in [1.807, 2.05) is 6.07 Å². The van der Waals surface area contributed by atoms with Gasteiger partial charge in [0.05, 0.1) is 11.6 Å². The molecule has 138 valence electrons. The Hall–Kier alpha value is -0.730. The Morgan fingerprint density at radius 2 is 1.84 bits per heavy atom. The van der Waals surface area contributed by atoms with Gasteiger partial charge in [-0.05, 0) is 79.4 Å². The fourth-order valence-corrected chi connectivity index (χ4v) is 7.18. The van der Waals surface area contributed by atoms with Crippen molar-refractivity contribution in [2.45, 2.75) is 77.8 Å². The van der Waals surface area contributed by atoms with E-state index in [4.69, 9.17) is 16.3 Å². The van der Waals surface area contributed by atoms with E-state index < -0.39 is 0 Å². The predicted octanol–water partition coefficient (Wildman–Crippen LogP) is 5.97. The summed E-state index contributed by atoms with van der Waals surface area (Å²) in [5.41, 5.74) is 2.71. The molecule has 4 aliphatic carbocycles. The maximum absolute atomic E-state index is 6.41. The minimum absolute atomic E-state index is 0.340. The van der Waals surface area contributed by atoms with Crippen molar-refractivity contribution in [1.82, 2.24) is 5.32 Å². The van der Waals surface area contributed by atoms with Crippen molar-refractivity contribution in [3.63, 3.8) is 0 Å². The molecule has 25 heavy (non-hydrogen) atoms. The van der Waals surface area contributed by atoms with Crippen molar-refractivity contribution >= 4 is 11.6 Å². The van der Waals surface area contributed by atoms with Crippen molar-refractivity contribution < 1.29 is 4.74 Å². The van der Waals surface area contributed by atoms with E-state index >= 15 is 0 Å². The average molecular weight is 362 g/mol. The van der Waals surface area contributed by atoms with Crippen LogP contribution in [0.4, 0.5) is 0 Å². The summed E-state index contributed by atoms with van der Waals surface area (Å²) >= 11 is 6.41. The van der Waals surface area contributed by atoms with Crippen LogP contribution in [0.3, 0.4) is 0 Å². The Morgan fingerprint density at radius 1 is 1.12 bits per heavy atom. The van der Waals surface area contributed by atoms with Gasteiger partial charge in [-0.25, -0.2) is 0 Å². The highest BCUT2D eigenvalue weighted by Gasteiger charge is 2.59. The van der Waals surface area contributed by atoms with E-state index in [0.717, 1.165) is 36.3 Å². The first-order valence-electron chi connectivity index (χ1n) is 9.99. The summed E-state index contributed by atoms with van der Waals surface area (Å²) in [5.74, 6) is 1.73. The van der Waals surface area contributed by atoms with Gasteiger partial charge in [-0.1, -0.05) is 38.4 Å². The average Bonchev–Trinajstić information content (AvgIpc) is 2.48. The fourth-order valence-electron chi connectivity index (χ4n) is 6.92. The van der Waals surface area contributed by atoms with Gasteiger partial charge < -0.3 is 10.1 Å². The molecule has 0 spiro atoms. The standard InChI is InChI=1S/C22H32ClNO/c1-4-7-25-19-6-5-16(8-18(19)23)12-24-22-11-17-9-20(2,14-22)13-21(3,10-17)15-22/h5-6,8,17,24H,4,7,9-15H2,1-3H3/t17?,20-,21+,22?. The minimum atomic E-state index is 0.340. The van der Waals surface area contributed by atoms with Crippen molar-refractivity contribution in [3.05, 3.63) is 28.8 Å². The Bertz CT molecular complexity index is 639. The normalized spacial score (nSPS) is 39.0. The largest absolute Gasteiger partial charge is 0.492 e. The third-order valence-electron chi connectivity index (χ3n) is 6.75. The highest BCUT2D eigenvalue weighted by molar-refractivity contribution is 6.32. The first kappa shape index (κ1) is 17.7. The maximum Gasteiger partial charge on any atom is 0.137 e. The van der Waals surface area contributed by atoms with E-state index in [9.17, 15) is 0 Å². The van der Waals surface area contributed by atoms with Crippen LogP contribution < -0.4 is 10.1 Å². The second kappa shape index (κ2) is 6.16. The number of nitrogens with one attached hydrogen (secondary N) is 1. The van der Waals surface area contributed by atoms with E-state index in [2.05, 4.69) is 38.2 Å². The summed E-state index contributed by atoms with van der Waals surface area (Å²) in [4.78, 5) is 0. The molecule has 1 N–H and O–H groups in total. The van der Waals surface area contributed by atoms with Gasteiger partial charge >= 0.3 is 0 Å².